The van der Waals surface area contributed by atoms with Gasteiger partial charge in [0.25, 0.3) is 0 Å². The quantitative estimate of drug-likeness (QED) is 0.502. The highest BCUT2D eigenvalue weighted by molar-refractivity contribution is 5.69. The van der Waals surface area contributed by atoms with Gasteiger partial charge in [-0.2, -0.15) is 0 Å². The molecule has 0 spiro atoms. The van der Waals surface area contributed by atoms with E-state index in [1.807, 2.05) is 0 Å². The van der Waals surface area contributed by atoms with Crippen LogP contribution >= 0.6 is 0 Å². The van der Waals surface area contributed by atoms with E-state index in [9.17, 15) is 4.79 Å². The summed E-state index contributed by atoms with van der Waals surface area (Å²) < 4.78 is 0. The van der Waals surface area contributed by atoms with Crippen LogP contribution < -0.4 is 0 Å². The van der Waals surface area contributed by atoms with E-state index in [2.05, 4.69) is 11.8 Å². The zero-order chi connectivity index (χ0) is 11.5. The Bertz CT molecular complexity index is 223. The van der Waals surface area contributed by atoms with Crippen LogP contribution in [0.25, 0.3) is 0 Å². The largest absolute Gasteiger partial charge is 0.481 e. The highest BCUT2D eigenvalue weighted by Crippen LogP contribution is 2.06. The van der Waals surface area contributed by atoms with Crippen LogP contribution in [0.1, 0.15) is 51.9 Å². The summed E-state index contributed by atoms with van der Waals surface area (Å²) in [7, 11) is 0. The van der Waals surface area contributed by atoms with Crippen molar-refractivity contribution < 1.29 is 15.0 Å². The Morgan fingerprint density at radius 1 is 1.20 bits per heavy atom. The number of aliphatic hydroxyl groups excluding tert-OH is 1. The van der Waals surface area contributed by atoms with E-state index in [0.717, 1.165) is 38.5 Å². The second-order valence-electron chi connectivity index (χ2n) is 3.73. The highest BCUT2D eigenvalue weighted by atomic mass is 16.4. The van der Waals surface area contributed by atoms with Crippen molar-refractivity contribution >= 4 is 5.97 Å². The Balaban J connectivity index is 3.16. The number of carboxylic acids is 1. The predicted molar refractivity (Wildman–Crippen MR) is 59.4 cm³/mol. The summed E-state index contributed by atoms with van der Waals surface area (Å²) in [5.41, 5.74) is 0. The zero-order valence-corrected chi connectivity index (χ0v) is 9.33. The number of rotatable bonds is 7. The Kier molecular flexibility index (Phi) is 8.90. The van der Waals surface area contributed by atoms with Crippen molar-refractivity contribution in [3.63, 3.8) is 0 Å². The van der Waals surface area contributed by atoms with Crippen molar-refractivity contribution in [2.75, 3.05) is 0 Å². The Morgan fingerprint density at radius 2 is 1.87 bits per heavy atom. The molecule has 0 aromatic rings. The molecular formula is C12H20O3. The number of aliphatic hydroxyl groups is 1. The lowest BCUT2D eigenvalue weighted by Gasteiger charge is -2.02. The molecule has 2 N–H and O–H groups in total. The Morgan fingerprint density at radius 3 is 2.47 bits per heavy atom. The van der Waals surface area contributed by atoms with Crippen molar-refractivity contribution in [3.8, 4) is 11.8 Å². The molecule has 0 amide bonds. The Labute approximate surface area is 91.5 Å². The van der Waals surface area contributed by atoms with Gasteiger partial charge in [0.2, 0.25) is 0 Å². The van der Waals surface area contributed by atoms with E-state index >= 15 is 0 Å². The van der Waals surface area contributed by atoms with E-state index in [0.29, 0.717) is 0 Å². The maximum Gasteiger partial charge on any atom is 0.315 e. The maximum atomic E-state index is 10.1. The van der Waals surface area contributed by atoms with E-state index in [1.54, 1.807) is 6.92 Å². The van der Waals surface area contributed by atoms with Crippen LogP contribution in [0, 0.1) is 11.8 Å². The zero-order valence-electron chi connectivity index (χ0n) is 9.33. The first-order chi connectivity index (χ1) is 7.13. The average Bonchev–Trinajstić information content (AvgIpc) is 2.14. The van der Waals surface area contributed by atoms with Gasteiger partial charge in [-0.15, -0.1) is 5.92 Å². The molecule has 1 atom stereocenters. The summed E-state index contributed by atoms with van der Waals surface area (Å²) in [6.45, 7) is 1.80. The number of carbonyl (C=O) groups is 1. The fourth-order valence-corrected chi connectivity index (χ4v) is 1.23. The lowest BCUT2D eigenvalue weighted by molar-refractivity contribution is -0.135. The van der Waals surface area contributed by atoms with Crippen LogP contribution in [0.2, 0.25) is 0 Å². The molecule has 1 unspecified atom stereocenters. The molecule has 0 rings (SSSR count). The van der Waals surface area contributed by atoms with Crippen molar-refractivity contribution in [3.05, 3.63) is 0 Å². The molecule has 0 saturated heterocycles. The molecule has 0 aliphatic carbocycles. The first-order valence-electron chi connectivity index (χ1n) is 5.48. The number of aliphatic carboxylic acids is 1. The molecule has 0 radical (unpaired) electrons. The molecule has 0 aromatic carbocycles. The molecule has 0 aliphatic heterocycles. The molecule has 0 saturated carbocycles. The van der Waals surface area contributed by atoms with E-state index in [-0.39, 0.29) is 12.5 Å². The summed E-state index contributed by atoms with van der Waals surface area (Å²) in [6.07, 6.45) is 5.70. The van der Waals surface area contributed by atoms with Gasteiger partial charge in [-0.05, 0) is 19.8 Å². The minimum absolute atomic E-state index is 0.0535. The summed E-state index contributed by atoms with van der Waals surface area (Å²) >= 11 is 0. The molecule has 15 heavy (non-hydrogen) atoms. The molecular weight excluding hydrogens is 192 g/mol. The van der Waals surface area contributed by atoms with Gasteiger partial charge in [0.1, 0.15) is 6.42 Å². The van der Waals surface area contributed by atoms with Gasteiger partial charge >= 0.3 is 5.97 Å². The maximum absolute atomic E-state index is 10.1. The number of carboxylic acid groups (broad SMARTS) is 1. The van der Waals surface area contributed by atoms with Crippen LogP contribution in [0.3, 0.4) is 0 Å². The van der Waals surface area contributed by atoms with Gasteiger partial charge in [0.05, 0.1) is 6.10 Å². The third-order valence-corrected chi connectivity index (χ3v) is 2.04. The molecule has 86 valence electrons. The van der Waals surface area contributed by atoms with Crippen LogP contribution in [-0.2, 0) is 4.79 Å². The van der Waals surface area contributed by atoms with Gasteiger partial charge in [-0.25, -0.2) is 0 Å². The normalized spacial score (nSPS) is 11.6. The number of unbranched alkanes of at least 4 members (excludes halogenated alkanes) is 4. The van der Waals surface area contributed by atoms with Gasteiger partial charge in [0, 0.05) is 6.42 Å². The van der Waals surface area contributed by atoms with Gasteiger partial charge in [-0.3, -0.25) is 4.79 Å². The number of hydrogen-bond acceptors (Lipinski definition) is 2. The molecule has 0 fully saturated rings. The van der Waals surface area contributed by atoms with Crippen LogP contribution in [-0.4, -0.2) is 22.3 Å². The van der Waals surface area contributed by atoms with Crippen molar-refractivity contribution in [1.29, 1.82) is 0 Å². The standard InChI is InChI=1S/C12H20O3/c1-11(13)9-7-5-3-2-4-6-8-10-12(14)15/h11,13H,2-5,7,9-10H2,1H3,(H,14,15). The monoisotopic (exact) mass is 212 g/mol. The SMILES string of the molecule is CC(O)CCCCCCC#CCC(=O)O. The lowest BCUT2D eigenvalue weighted by Crippen LogP contribution is -1.98. The minimum atomic E-state index is -0.862. The third-order valence-electron chi connectivity index (χ3n) is 2.04. The van der Waals surface area contributed by atoms with E-state index in [4.69, 9.17) is 10.2 Å². The van der Waals surface area contributed by atoms with E-state index < -0.39 is 5.97 Å². The molecule has 0 bridgehead atoms. The summed E-state index contributed by atoms with van der Waals surface area (Å²) in [5.74, 6) is 4.58. The molecule has 3 heteroatoms. The van der Waals surface area contributed by atoms with E-state index in [1.165, 1.54) is 0 Å². The smallest absolute Gasteiger partial charge is 0.315 e. The topological polar surface area (TPSA) is 57.5 Å². The van der Waals surface area contributed by atoms with Crippen LogP contribution in [0.5, 0.6) is 0 Å². The second-order valence-corrected chi connectivity index (χ2v) is 3.73. The summed E-state index contributed by atoms with van der Waals surface area (Å²) in [6, 6.07) is 0. The van der Waals surface area contributed by atoms with Crippen LogP contribution in [0.4, 0.5) is 0 Å². The summed E-state index contributed by atoms with van der Waals surface area (Å²) in [5, 5.41) is 17.3. The lowest BCUT2D eigenvalue weighted by atomic mass is 10.1. The van der Waals surface area contributed by atoms with Crippen molar-refractivity contribution in [1.82, 2.24) is 0 Å². The Hall–Kier alpha value is -1.01. The van der Waals surface area contributed by atoms with Crippen molar-refractivity contribution in [2.45, 2.75) is 58.0 Å². The first-order valence-corrected chi connectivity index (χ1v) is 5.48. The highest BCUT2D eigenvalue weighted by Gasteiger charge is 1.94. The first kappa shape index (κ1) is 14.0. The molecule has 0 aromatic heterocycles. The number of hydrogen-bond donors (Lipinski definition) is 2. The third kappa shape index (κ3) is 13.0. The molecule has 3 nitrogen and oxygen atoms in total. The van der Waals surface area contributed by atoms with Crippen LogP contribution in [0.15, 0.2) is 0 Å². The molecule has 0 aliphatic rings. The average molecular weight is 212 g/mol. The minimum Gasteiger partial charge on any atom is -0.481 e. The van der Waals surface area contributed by atoms with Gasteiger partial charge < -0.3 is 10.2 Å². The summed E-state index contributed by atoms with van der Waals surface area (Å²) in [4.78, 5) is 10.1. The molecule has 0 heterocycles. The predicted octanol–water partition coefficient (Wildman–Crippen LogP) is 2.19. The van der Waals surface area contributed by atoms with Gasteiger partial charge in [-0.1, -0.05) is 25.2 Å². The second kappa shape index (κ2) is 9.54. The fraction of sp³-hybridized carbons (Fsp3) is 0.750. The van der Waals surface area contributed by atoms with Gasteiger partial charge in [0.15, 0.2) is 0 Å². The fourth-order valence-electron chi connectivity index (χ4n) is 1.23. The van der Waals surface area contributed by atoms with Crippen molar-refractivity contribution in [2.24, 2.45) is 0 Å².